The van der Waals surface area contributed by atoms with Crippen molar-refractivity contribution in [1.82, 2.24) is 9.80 Å². The first kappa shape index (κ1) is 13.8. The summed E-state index contributed by atoms with van der Waals surface area (Å²) in [4.78, 5) is 17.0. The summed E-state index contributed by atoms with van der Waals surface area (Å²) in [6, 6.07) is 0.522. The van der Waals surface area contributed by atoms with Gasteiger partial charge in [-0.2, -0.15) is 0 Å². The van der Waals surface area contributed by atoms with Gasteiger partial charge in [0, 0.05) is 31.7 Å². The molecular weight excluding hydrogens is 226 g/mol. The molecule has 1 amide bonds. The van der Waals surface area contributed by atoms with Crippen molar-refractivity contribution in [2.75, 3.05) is 26.7 Å². The minimum Gasteiger partial charge on any atom is -0.340 e. The third-order valence-corrected chi connectivity index (χ3v) is 4.83. The molecule has 0 spiro atoms. The number of hydrogen-bond donors (Lipinski definition) is 1. The van der Waals surface area contributed by atoms with Gasteiger partial charge < -0.3 is 15.5 Å². The largest absolute Gasteiger partial charge is 0.340 e. The van der Waals surface area contributed by atoms with Gasteiger partial charge in [-0.3, -0.25) is 4.79 Å². The molecule has 0 bridgehead atoms. The van der Waals surface area contributed by atoms with Crippen molar-refractivity contribution < 1.29 is 4.79 Å². The number of nitrogens with zero attached hydrogens (tertiary/aromatic N) is 2. The lowest BCUT2D eigenvalue weighted by Gasteiger charge is -2.42. The van der Waals surface area contributed by atoms with Crippen molar-refractivity contribution in [2.45, 2.75) is 45.2 Å². The fourth-order valence-electron chi connectivity index (χ4n) is 3.34. The average Bonchev–Trinajstić information content (AvgIpc) is 2.32. The molecule has 1 saturated heterocycles. The fraction of sp³-hybridized carbons (Fsp3) is 0.929. The second-order valence-electron chi connectivity index (χ2n) is 6.21. The standard InChI is InChI=1S/C14H27N3O/c1-10-5-4-6-12(15)13(10)14(18)17-8-7-16(3)11(2)9-17/h10-13H,4-9,15H2,1-3H3. The molecule has 2 rings (SSSR count). The van der Waals surface area contributed by atoms with Gasteiger partial charge in [0.05, 0.1) is 5.92 Å². The topological polar surface area (TPSA) is 49.6 Å². The molecular formula is C14H27N3O. The molecule has 0 aromatic rings. The van der Waals surface area contributed by atoms with Crippen LogP contribution in [0.5, 0.6) is 0 Å². The highest BCUT2D eigenvalue weighted by molar-refractivity contribution is 5.80. The lowest BCUT2D eigenvalue weighted by Crippen LogP contribution is -2.56. The summed E-state index contributed by atoms with van der Waals surface area (Å²) < 4.78 is 0. The van der Waals surface area contributed by atoms with Crippen LogP contribution in [0.1, 0.15) is 33.1 Å². The van der Waals surface area contributed by atoms with Crippen LogP contribution in [-0.4, -0.2) is 54.5 Å². The molecule has 4 atom stereocenters. The highest BCUT2D eigenvalue weighted by Gasteiger charge is 2.37. The molecule has 0 aromatic carbocycles. The molecule has 104 valence electrons. The maximum atomic E-state index is 12.7. The molecule has 2 fully saturated rings. The van der Waals surface area contributed by atoms with E-state index in [9.17, 15) is 4.79 Å². The van der Waals surface area contributed by atoms with Crippen LogP contribution in [0.3, 0.4) is 0 Å². The maximum Gasteiger partial charge on any atom is 0.227 e. The fourth-order valence-corrected chi connectivity index (χ4v) is 3.34. The predicted molar refractivity (Wildman–Crippen MR) is 73.2 cm³/mol. The van der Waals surface area contributed by atoms with Gasteiger partial charge in [0.1, 0.15) is 0 Å². The molecule has 1 aliphatic heterocycles. The van der Waals surface area contributed by atoms with Gasteiger partial charge in [-0.25, -0.2) is 0 Å². The van der Waals surface area contributed by atoms with Crippen molar-refractivity contribution >= 4 is 5.91 Å². The third kappa shape index (κ3) is 2.69. The van der Waals surface area contributed by atoms with E-state index in [4.69, 9.17) is 5.73 Å². The van der Waals surface area contributed by atoms with Crippen LogP contribution in [0.4, 0.5) is 0 Å². The predicted octanol–water partition coefficient (Wildman–Crippen LogP) is 0.912. The Morgan fingerprint density at radius 1 is 1.22 bits per heavy atom. The van der Waals surface area contributed by atoms with Gasteiger partial charge in [-0.05, 0) is 32.7 Å². The van der Waals surface area contributed by atoms with Crippen molar-refractivity contribution in [2.24, 2.45) is 17.6 Å². The normalized spacial score (nSPS) is 38.8. The zero-order chi connectivity index (χ0) is 13.3. The van der Waals surface area contributed by atoms with Gasteiger partial charge >= 0.3 is 0 Å². The van der Waals surface area contributed by atoms with Gasteiger partial charge in [0.15, 0.2) is 0 Å². The SMILES string of the molecule is CC1CCCC(N)C1C(=O)N1CCN(C)C(C)C1. The van der Waals surface area contributed by atoms with Crippen LogP contribution in [0.2, 0.25) is 0 Å². The number of rotatable bonds is 1. The third-order valence-electron chi connectivity index (χ3n) is 4.83. The van der Waals surface area contributed by atoms with Crippen molar-refractivity contribution in [3.05, 3.63) is 0 Å². The number of piperazine rings is 1. The van der Waals surface area contributed by atoms with E-state index < -0.39 is 0 Å². The minimum atomic E-state index is 0.0503. The van der Waals surface area contributed by atoms with E-state index in [1.807, 2.05) is 4.90 Å². The molecule has 0 aromatic heterocycles. The molecule has 1 aliphatic carbocycles. The lowest BCUT2D eigenvalue weighted by atomic mass is 9.76. The number of likely N-dealkylation sites (N-methyl/N-ethyl adjacent to an activating group) is 1. The molecule has 0 radical (unpaired) electrons. The van der Waals surface area contributed by atoms with Crippen LogP contribution in [0.15, 0.2) is 0 Å². The van der Waals surface area contributed by atoms with E-state index in [1.54, 1.807) is 0 Å². The Balaban J connectivity index is 2.01. The summed E-state index contributed by atoms with van der Waals surface area (Å²) in [5.74, 6) is 0.792. The zero-order valence-corrected chi connectivity index (χ0v) is 11.9. The average molecular weight is 253 g/mol. The Bertz CT molecular complexity index is 297. The first-order valence-electron chi connectivity index (χ1n) is 7.25. The van der Waals surface area contributed by atoms with Gasteiger partial charge in [-0.1, -0.05) is 13.3 Å². The van der Waals surface area contributed by atoms with E-state index in [2.05, 4.69) is 25.8 Å². The van der Waals surface area contributed by atoms with E-state index in [-0.39, 0.29) is 12.0 Å². The molecule has 1 heterocycles. The number of carbonyl (C=O) groups excluding carboxylic acids is 1. The first-order chi connectivity index (χ1) is 8.50. The Morgan fingerprint density at radius 2 is 1.94 bits per heavy atom. The van der Waals surface area contributed by atoms with Crippen molar-refractivity contribution in [3.8, 4) is 0 Å². The van der Waals surface area contributed by atoms with E-state index >= 15 is 0 Å². The molecule has 1 saturated carbocycles. The number of nitrogens with two attached hydrogens (primary N) is 1. The van der Waals surface area contributed by atoms with Gasteiger partial charge in [-0.15, -0.1) is 0 Å². The molecule has 4 heteroatoms. The Kier molecular flexibility index (Phi) is 4.28. The monoisotopic (exact) mass is 253 g/mol. The zero-order valence-electron chi connectivity index (χ0n) is 11.9. The quantitative estimate of drug-likeness (QED) is 0.756. The van der Waals surface area contributed by atoms with Gasteiger partial charge in [0.25, 0.3) is 0 Å². The molecule has 18 heavy (non-hydrogen) atoms. The van der Waals surface area contributed by atoms with E-state index in [0.717, 1.165) is 32.5 Å². The second kappa shape index (κ2) is 5.57. The number of carbonyl (C=O) groups is 1. The highest BCUT2D eigenvalue weighted by Crippen LogP contribution is 2.30. The first-order valence-corrected chi connectivity index (χ1v) is 7.25. The second-order valence-corrected chi connectivity index (χ2v) is 6.21. The van der Waals surface area contributed by atoms with E-state index in [1.165, 1.54) is 6.42 Å². The summed E-state index contributed by atoms with van der Waals surface area (Å²) in [6.45, 7) is 7.05. The minimum absolute atomic E-state index is 0.0503. The maximum absolute atomic E-state index is 12.7. The van der Waals surface area contributed by atoms with Crippen LogP contribution >= 0.6 is 0 Å². The van der Waals surface area contributed by atoms with Crippen LogP contribution in [-0.2, 0) is 4.79 Å². The Hall–Kier alpha value is -0.610. The lowest BCUT2D eigenvalue weighted by molar-refractivity contribution is -0.141. The molecule has 4 unspecified atom stereocenters. The smallest absolute Gasteiger partial charge is 0.227 e. The van der Waals surface area contributed by atoms with Crippen molar-refractivity contribution in [1.29, 1.82) is 0 Å². The summed E-state index contributed by atoms with van der Waals surface area (Å²) >= 11 is 0. The summed E-state index contributed by atoms with van der Waals surface area (Å²) in [7, 11) is 2.13. The van der Waals surface area contributed by atoms with E-state index in [0.29, 0.717) is 17.9 Å². The Morgan fingerprint density at radius 3 is 2.56 bits per heavy atom. The number of amides is 1. The van der Waals surface area contributed by atoms with Crippen LogP contribution in [0.25, 0.3) is 0 Å². The van der Waals surface area contributed by atoms with Crippen molar-refractivity contribution in [3.63, 3.8) is 0 Å². The Labute approximate surface area is 110 Å². The summed E-state index contributed by atoms with van der Waals surface area (Å²) in [5, 5.41) is 0. The molecule has 2 aliphatic rings. The molecule has 2 N–H and O–H groups in total. The van der Waals surface area contributed by atoms with Gasteiger partial charge in [0.2, 0.25) is 5.91 Å². The summed E-state index contributed by atoms with van der Waals surface area (Å²) in [5.41, 5.74) is 6.18. The highest BCUT2D eigenvalue weighted by atomic mass is 16.2. The summed E-state index contributed by atoms with van der Waals surface area (Å²) in [6.07, 6.45) is 3.32. The number of hydrogen-bond acceptors (Lipinski definition) is 3. The molecule has 4 nitrogen and oxygen atoms in total. The van der Waals surface area contributed by atoms with Crippen LogP contribution < -0.4 is 5.73 Å². The van der Waals surface area contributed by atoms with Crippen LogP contribution in [0, 0.1) is 11.8 Å².